The number of aromatic nitrogens is 2. The number of aryl methyl sites for hydroxylation is 2. The van der Waals surface area contributed by atoms with E-state index in [4.69, 9.17) is 4.74 Å². The van der Waals surface area contributed by atoms with Gasteiger partial charge in [0.05, 0.1) is 12.1 Å². The van der Waals surface area contributed by atoms with E-state index in [2.05, 4.69) is 14.9 Å². The van der Waals surface area contributed by atoms with Crippen molar-refractivity contribution < 1.29 is 4.74 Å². The molecule has 0 saturated carbocycles. The van der Waals surface area contributed by atoms with Crippen molar-refractivity contribution in [3.8, 4) is 5.75 Å². The van der Waals surface area contributed by atoms with Crippen LogP contribution in [0, 0.1) is 12.8 Å². The molecule has 0 spiro atoms. The van der Waals surface area contributed by atoms with Gasteiger partial charge < -0.3 is 14.6 Å². The van der Waals surface area contributed by atoms with Gasteiger partial charge in [-0.3, -0.25) is 0 Å². The summed E-state index contributed by atoms with van der Waals surface area (Å²) in [5.74, 6) is 2.61. The quantitative estimate of drug-likeness (QED) is 0.869. The molecule has 0 unspecified atom stereocenters. The Balaban J connectivity index is 1.91. The Morgan fingerprint density at radius 3 is 3.00 bits per heavy atom. The van der Waals surface area contributed by atoms with Crippen LogP contribution < -0.4 is 10.1 Å². The van der Waals surface area contributed by atoms with E-state index in [9.17, 15) is 0 Å². The highest BCUT2D eigenvalue weighted by Crippen LogP contribution is 2.26. The Hall–Kier alpha value is -1.55. The first-order valence-electron chi connectivity index (χ1n) is 6.01. The fourth-order valence-corrected chi connectivity index (χ4v) is 2.14. The lowest BCUT2D eigenvalue weighted by Gasteiger charge is -2.26. The molecule has 1 saturated heterocycles. The van der Waals surface area contributed by atoms with Crippen LogP contribution >= 0.6 is 0 Å². The molecule has 1 fully saturated rings. The first kappa shape index (κ1) is 10.6. The van der Waals surface area contributed by atoms with Crippen molar-refractivity contribution in [1.82, 2.24) is 14.9 Å². The summed E-state index contributed by atoms with van der Waals surface area (Å²) in [4.78, 5) is 4.51. The second-order valence-electron chi connectivity index (χ2n) is 4.68. The van der Waals surface area contributed by atoms with Crippen molar-refractivity contribution in [2.75, 3.05) is 19.7 Å². The van der Waals surface area contributed by atoms with Crippen LogP contribution in [0.25, 0.3) is 11.0 Å². The molecule has 2 heterocycles. The van der Waals surface area contributed by atoms with Crippen LogP contribution in [0.2, 0.25) is 0 Å². The molecule has 90 valence electrons. The first-order valence-corrected chi connectivity index (χ1v) is 6.01. The lowest BCUT2D eigenvalue weighted by atomic mass is 10.1. The van der Waals surface area contributed by atoms with E-state index in [1.54, 1.807) is 0 Å². The van der Waals surface area contributed by atoms with Crippen molar-refractivity contribution in [3.63, 3.8) is 0 Å². The zero-order valence-electron chi connectivity index (χ0n) is 10.2. The lowest BCUT2D eigenvalue weighted by molar-refractivity contribution is 0.200. The minimum atomic E-state index is 0.652. The van der Waals surface area contributed by atoms with E-state index in [1.807, 2.05) is 32.2 Å². The van der Waals surface area contributed by atoms with E-state index in [1.165, 1.54) is 0 Å². The number of ether oxygens (including phenoxy) is 1. The highest BCUT2D eigenvalue weighted by atomic mass is 16.5. The molecule has 1 N–H and O–H groups in total. The molecule has 4 heteroatoms. The molecule has 0 aliphatic carbocycles. The van der Waals surface area contributed by atoms with Gasteiger partial charge in [-0.15, -0.1) is 0 Å². The van der Waals surface area contributed by atoms with Gasteiger partial charge in [0.2, 0.25) is 0 Å². The third-order valence-electron chi connectivity index (χ3n) is 3.42. The van der Waals surface area contributed by atoms with Crippen molar-refractivity contribution in [2.24, 2.45) is 13.0 Å². The number of nitrogens with zero attached hydrogens (tertiary/aromatic N) is 2. The SMILES string of the molecule is Cc1nc2cccc(OCC3CNC3)c2n1C. The summed E-state index contributed by atoms with van der Waals surface area (Å²) in [5.41, 5.74) is 2.10. The summed E-state index contributed by atoms with van der Waals surface area (Å²) in [7, 11) is 2.03. The molecule has 0 amide bonds. The molecule has 4 nitrogen and oxygen atoms in total. The maximum Gasteiger partial charge on any atom is 0.145 e. The number of hydrogen-bond donors (Lipinski definition) is 1. The van der Waals surface area contributed by atoms with Gasteiger partial charge in [-0.2, -0.15) is 0 Å². The molecule has 1 aromatic heterocycles. The summed E-state index contributed by atoms with van der Waals surface area (Å²) in [6.45, 7) is 4.94. The minimum absolute atomic E-state index is 0.652. The number of rotatable bonds is 3. The average Bonchev–Trinajstić information content (AvgIpc) is 2.54. The van der Waals surface area contributed by atoms with Gasteiger partial charge in [-0.05, 0) is 19.1 Å². The first-order chi connectivity index (χ1) is 8.25. The standard InChI is InChI=1S/C13H17N3O/c1-9-15-11-4-3-5-12(13(11)16(9)2)17-8-10-6-14-7-10/h3-5,10,14H,6-8H2,1-2H3. The molecule has 1 aliphatic rings. The predicted octanol–water partition coefficient (Wildman–Crippen LogP) is 1.48. The van der Waals surface area contributed by atoms with Crippen molar-refractivity contribution in [3.05, 3.63) is 24.0 Å². The maximum atomic E-state index is 5.92. The van der Waals surface area contributed by atoms with Crippen LogP contribution in [-0.2, 0) is 7.05 Å². The highest BCUT2D eigenvalue weighted by molar-refractivity contribution is 5.82. The normalized spacial score (nSPS) is 16.1. The second kappa shape index (κ2) is 4.04. The molecule has 0 bridgehead atoms. The molecule has 1 aromatic carbocycles. The Morgan fingerprint density at radius 1 is 1.47 bits per heavy atom. The lowest BCUT2D eigenvalue weighted by Crippen LogP contribution is -2.45. The van der Waals surface area contributed by atoms with Gasteiger partial charge in [-0.25, -0.2) is 4.98 Å². The number of para-hydroxylation sites is 1. The van der Waals surface area contributed by atoms with Crippen LogP contribution in [-0.4, -0.2) is 29.2 Å². The Labute approximate surface area is 101 Å². The minimum Gasteiger partial charge on any atom is -0.491 e. The van der Waals surface area contributed by atoms with Gasteiger partial charge in [-0.1, -0.05) is 6.07 Å². The zero-order chi connectivity index (χ0) is 11.8. The van der Waals surface area contributed by atoms with E-state index in [0.29, 0.717) is 5.92 Å². The fourth-order valence-electron chi connectivity index (χ4n) is 2.14. The molecular weight excluding hydrogens is 214 g/mol. The topological polar surface area (TPSA) is 39.1 Å². The number of benzene rings is 1. The molecule has 1 aliphatic heterocycles. The van der Waals surface area contributed by atoms with Crippen LogP contribution in [0.3, 0.4) is 0 Å². The average molecular weight is 231 g/mol. The van der Waals surface area contributed by atoms with Crippen molar-refractivity contribution in [2.45, 2.75) is 6.92 Å². The summed E-state index contributed by atoms with van der Waals surface area (Å²) in [5, 5.41) is 3.25. The monoisotopic (exact) mass is 231 g/mol. The van der Waals surface area contributed by atoms with Crippen molar-refractivity contribution >= 4 is 11.0 Å². The van der Waals surface area contributed by atoms with E-state index in [-0.39, 0.29) is 0 Å². The number of imidazole rings is 1. The largest absolute Gasteiger partial charge is 0.491 e. The summed E-state index contributed by atoms with van der Waals surface area (Å²) in [6.07, 6.45) is 0. The summed E-state index contributed by atoms with van der Waals surface area (Å²) in [6, 6.07) is 6.05. The van der Waals surface area contributed by atoms with Gasteiger partial charge >= 0.3 is 0 Å². The zero-order valence-corrected chi connectivity index (χ0v) is 10.2. The van der Waals surface area contributed by atoms with Gasteiger partial charge in [0, 0.05) is 26.1 Å². The maximum absolute atomic E-state index is 5.92. The number of nitrogens with one attached hydrogen (secondary N) is 1. The predicted molar refractivity (Wildman–Crippen MR) is 67.3 cm³/mol. The molecule has 0 radical (unpaired) electrons. The Kier molecular flexibility index (Phi) is 2.52. The van der Waals surface area contributed by atoms with Crippen LogP contribution in [0.4, 0.5) is 0 Å². The van der Waals surface area contributed by atoms with Crippen molar-refractivity contribution in [1.29, 1.82) is 0 Å². The molecule has 17 heavy (non-hydrogen) atoms. The van der Waals surface area contributed by atoms with Crippen LogP contribution in [0.1, 0.15) is 5.82 Å². The summed E-state index contributed by atoms with van der Waals surface area (Å²) < 4.78 is 8.00. The number of fused-ring (bicyclic) bond motifs is 1. The fraction of sp³-hybridized carbons (Fsp3) is 0.462. The van der Waals surface area contributed by atoms with E-state index < -0.39 is 0 Å². The highest BCUT2D eigenvalue weighted by Gasteiger charge is 2.18. The van der Waals surface area contributed by atoms with Gasteiger partial charge in [0.15, 0.2) is 0 Å². The second-order valence-corrected chi connectivity index (χ2v) is 4.68. The molecule has 2 aromatic rings. The van der Waals surface area contributed by atoms with Gasteiger partial charge in [0.25, 0.3) is 0 Å². The Morgan fingerprint density at radius 2 is 2.29 bits per heavy atom. The molecular formula is C13H17N3O. The smallest absolute Gasteiger partial charge is 0.145 e. The third kappa shape index (κ3) is 1.78. The molecule has 0 atom stereocenters. The van der Waals surface area contributed by atoms with E-state index in [0.717, 1.165) is 42.3 Å². The van der Waals surface area contributed by atoms with Gasteiger partial charge in [0.1, 0.15) is 17.1 Å². The van der Waals surface area contributed by atoms with E-state index >= 15 is 0 Å². The molecule has 3 rings (SSSR count). The number of hydrogen-bond acceptors (Lipinski definition) is 3. The third-order valence-corrected chi connectivity index (χ3v) is 3.42. The van der Waals surface area contributed by atoms with Crippen LogP contribution in [0.5, 0.6) is 5.75 Å². The van der Waals surface area contributed by atoms with Crippen LogP contribution in [0.15, 0.2) is 18.2 Å². The Bertz CT molecular complexity index is 543. The summed E-state index contributed by atoms with van der Waals surface area (Å²) >= 11 is 0.